The largest absolute Gasteiger partial charge is 0.244 e. The lowest BCUT2D eigenvalue weighted by Gasteiger charge is -2.00. The van der Waals surface area contributed by atoms with Gasteiger partial charge in [-0.1, -0.05) is 52.4 Å². The second kappa shape index (κ2) is 13.5. The van der Waals surface area contributed by atoms with E-state index in [0.717, 1.165) is 22.8 Å². The Morgan fingerprint density at radius 2 is 1.12 bits per heavy atom. The van der Waals surface area contributed by atoms with Gasteiger partial charge in [-0.05, 0) is 71.8 Å². The lowest BCUT2D eigenvalue weighted by molar-refractivity contribution is 0.667. The number of fused-ring (bicyclic) bond motifs is 1. The zero-order valence-electron chi connectivity index (χ0n) is 20.2. The molecule has 0 amide bonds. The van der Waals surface area contributed by atoms with Crippen molar-refractivity contribution in [1.29, 1.82) is 0 Å². The standard InChI is InChI=1S/C28H34N2S4/c1-3-5-7-9-11-21-13-15-31-25(21)19-29-27-17-23-24(33-27)18-28(34-23)30-20-26-22(14-16-32-26)12-10-8-6-4-2/h13-20H,3-12H2,1-2H3/b29-19+,30-20+. The van der Waals surface area contributed by atoms with Crippen molar-refractivity contribution in [3.8, 4) is 0 Å². The van der Waals surface area contributed by atoms with Crippen LogP contribution in [0.25, 0.3) is 9.40 Å². The van der Waals surface area contributed by atoms with Crippen molar-refractivity contribution in [3.05, 3.63) is 55.9 Å². The summed E-state index contributed by atoms with van der Waals surface area (Å²) in [7, 11) is 0. The van der Waals surface area contributed by atoms with Crippen LogP contribution in [0.15, 0.2) is 45.0 Å². The Bertz CT molecular complexity index is 1080. The zero-order chi connectivity index (χ0) is 23.6. The first-order chi connectivity index (χ1) is 16.8. The van der Waals surface area contributed by atoms with Crippen molar-refractivity contribution in [2.24, 2.45) is 9.98 Å². The topological polar surface area (TPSA) is 24.7 Å². The molecule has 0 unspecified atom stereocenters. The number of aliphatic imine (C=N–C) groups is 2. The van der Waals surface area contributed by atoms with E-state index in [0.29, 0.717) is 0 Å². The molecule has 4 aromatic heterocycles. The predicted octanol–water partition coefficient (Wildman–Crippen LogP) is 10.8. The number of hydrogen-bond acceptors (Lipinski definition) is 6. The molecule has 0 aliphatic rings. The molecule has 34 heavy (non-hydrogen) atoms. The summed E-state index contributed by atoms with van der Waals surface area (Å²) in [5, 5.41) is 6.54. The van der Waals surface area contributed by atoms with Crippen LogP contribution in [0.5, 0.6) is 0 Å². The third-order valence-corrected chi connectivity index (χ3v) is 9.86. The molecule has 0 N–H and O–H groups in total. The summed E-state index contributed by atoms with van der Waals surface area (Å²) in [6.45, 7) is 4.53. The summed E-state index contributed by atoms with van der Waals surface area (Å²) < 4.78 is 2.56. The molecule has 0 radical (unpaired) electrons. The summed E-state index contributed by atoms with van der Waals surface area (Å²) in [6.07, 6.45) is 16.9. The van der Waals surface area contributed by atoms with Crippen molar-refractivity contribution in [2.75, 3.05) is 0 Å². The quantitative estimate of drug-likeness (QED) is 0.115. The Hall–Kier alpha value is -1.60. The molecule has 0 aromatic carbocycles. The smallest absolute Gasteiger partial charge is 0.118 e. The van der Waals surface area contributed by atoms with Crippen LogP contribution in [-0.2, 0) is 12.8 Å². The van der Waals surface area contributed by atoms with Crippen LogP contribution in [-0.4, -0.2) is 12.4 Å². The molecule has 2 nitrogen and oxygen atoms in total. The van der Waals surface area contributed by atoms with Crippen molar-refractivity contribution in [1.82, 2.24) is 0 Å². The van der Waals surface area contributed by atoms with E-state index in [4.69, 9.17) is 9.98 Å². The van der Waals surface area contributed by atoms with Crippen LogP contribution in [0.3, 0.4) is 0 Å². The van der Waals surface area contributed by atoms with Crippen LogP contribution >= 0.6 is 45.3 Å². The maximum absolute atomic E-state index is 4.81. The molecule has 4 rings (SSSR count). The minimum absolute atomic E-state index is 1.08. The lowest BCUT2D eigenvalue weighted by Crippen LogP contribution is -1.88. The highest BCUT2D eigenvalue weighted by atomic mass is 32.1. The number of nitrogens with zero attached hydrogens (tertiary/aromatic N) is 2. The van der Waals surface area contributed by atoms with Gasteiger partial charge >= 0.3 is 0 Å². The first-order valence-electron chi connectivity index (χ1n) is 12.5. The first-order valence-corrected chi connectivity index (χ1v) is 15.9. The number of rotatable bonds is 14. The van der Waals surface area contributed by atoms with E-state index in [1.165, 1.54) is 81.6 Å². The van der Waals surface area contributed by atoms with E-state index < -0.39 is 0 Å². The Kier molecular flexibility index (Phi) is 10.1. The van der Waals surface area contributed by atoms with Crippen molar-refractivity contribution >= 4 is 77.2 Å². The van der Waals surface area contributed by atoms with Crippen LogP contribution in [0.1, 0.15) is 86.1 Å². The minimum Gasteiger partial charge on any atom is -0.244 e. The Morgan fingerprint density at radius 1 is 0.647 bits per heavy atom. The van der Waals surface area contributed by atoms with Gasteiger partial charge in [-0.25, -0.2) is 9.98 Å². The van der Waals surface area contributed by atoms with Gasteiger partial charge in [0.1, 0.15) is 10.0 Å². The van der Waals surface area contributed by atoms with E-state index in [1.54, 1.807) is 45.3 Å². The molecule has 0 saturated carbocycles. The van der Waals surface area contributed by atoms with Crippen molar-refractivity contribution < 1.29 is 0 Å². The molecule has 0 fully saturated rings. The molecule has 0 spiro atoms. The van der Waals surface area contributed by atoms with Crippen LogP contribution < -0.4 is 0 Å². The van der Waals surface area contributed by atoms with Crippen molar-refractivity contribution in [3.63, 3.8) is 0 Å². The molecule has 0 atom stereocenters. The molecule has 4 heterocycles. The van der Waals surface area contributed by atoms with Gasteiger partial charge < -0.3 is 0 Å². The van der Waals surface area contributed by atoms with E-state index >= 15 is 0 Å². The SMILES string of the molecule is CCCCCCc1ccsc1/C=N/c1cc2sc(/N=C/c3sccc3CCCCCC)cc2s1. The summed E-state index contributed by atoms with van der Waals surface area (Å²) >= 11 is 7.11. The molecule has 0 aliphatic carbocycles. The van der Waals surface area contributed by atoms with Gasteiger partial charge in [-0.2, -0.15) is 0 Å². The molecular formula is C28H34N2S4. The fourth-order valence-corrected chi connectivity index (χ4v) is 7.70. The fourth-order valence-electron chi connectivity index (χ4n) is 4.00. The Labute approximate surface area is 220 Å². The maximum atomic E-state index is 4.81. The van der Waals surface area contributed by atoms with Crippen LogP contribution in [0.2, 0.25) is 0 Å². The van der Waals surface area contributed by atoms with Gasteiger partial charge in [0.05, 0.1) is 0 Å². The van der Waals surface area contributed by atoms with Gasteiger partial charge in [-0.15, -0.1) is 45.3 Å². The van der Waals surface area contributed by atoms with E-state index in [1.807, 2.05) is 0 Å². The summed E-state index contributed by atoms with van der Waals surface area (Å²) in [6, 6.07) is 8.94. The predicted molar refractivity (Wildman–Crippen MR) is 159 cm³/mol. The van der Waals surface area contributed by atoms with Crippen molar-refractivity contribution in [2.45, 2.75) is 78.1 Å². The normalized spacial score (nSPS) is 12.2. The maximum Gasteiger partial charge on any atom is 0.118 e. The number of thiophene rings is 4. The molecular weight excluding hydrogens is 493 g/mol. The molecule has 180 valence electrons. The van der Waals surface area contributed by atoms with E-state index in [-0.39, 0.29) is 0 Å². The average molecular weight is 527 g/mol. The summed E-state index contributed by atoms with van der Waals surface area (Å²) in [5.41, 5.74) is 2.89. The number of aryl methyl sites for hydroxylation is 2. The number of unbranched alkanes of at least 4 members (excludes halogenated alkanes) is 6. The Balaban J connectivity index is 1.36. The minimum atomic E-state index is 1.08. The third kappa shape index (κ3) is 7.20. The van der Waals surface area contributed by atoms with Crippen LogP contribution in [0.4, 0.5) is 10.0 Å². The second-order valence-electron chi connectivity index (χ2n) is 8.66. The lowest BCUT2D eigenvalue weighted by atomic mass is 10.1. The molecule has 6 heteroatoms. The highest BCUT2D eigenvalue weighted by Crippen LogP contribution is 2.41. The van der Waals surface area contributed by atoms with Gasteiger partial charge in [-0.3, -0.25) is 0 Å². The third-order valence-electron chi connectivity index (χ3n) is 5.96. The van der Waals surface area contributed by atoms with Crippen LogP contribution in [0, 0.1) is 0 Å². The van der Waals surface area contributed by atoms with Gasteiger partial charge in [0.25, 0.3) is 0 Å². The fraction of sp³-hybridized carbons (Fsp3) is 0.429. The zero-order valence-corrected chi connectivity index (χ0v) is 23.5. The average Bonchev–Trinajstić information content (AvgIpc) is 3.61. The second-order valence-corrected chi connectivity index (χ2v) is 12.7. The monoisotopic (exact) mass is 526 g/mol. The first kappa shape index (κ1) is 25.5. The molecule has 4 aromatic rings. The van der Waals surface area contributed by atoms with Gasteiger partial charge in [0, 0.05) is 31.6 Å². The molecule has 0 saturated heterocycles. The number of hydrogen-bond donors (Lipinski definition) is 0. The van der Waals surface area contributed by atoms with Gasteiger partial charge in [0.15, 0.2) is 0 Å². The summed E-state index contributed by atoms with van der Waals surface area (Å²) in [5.74, 6) is 0. The molecule has 0 aliphatic heterocycles. The highest BCUT2D eigenvalue weighted by Gasteiger charge is 2.08. The summed E-state index contributed by atoms with van der Waals surface area (Å²) in [4.78, 5) is 12.2. The van der Waals surface area contributed by atoms with E-state index in [9.17, 15) is 0 Å². The van der Waals surface area contributed by atoms with E-state index in [2.05, 4.69) is 61.3 Å². The Morgan fingerprint density at radius 3 is 1.56 bits per heavy atom. The highest BCUT2D eigenvalue weighted by molar-refractivity contribution is 7.31. The van der Waals surface area contributed by atoms with Gasteiger partial charge in [0.2, 0.25) is 0 Å². The molecule has 0 bridgehead atoms.